The summed E-state index contributed by atoms with van der Waals surface area (Å²) in [4.78, 5) is 23.0. The van der Waals surface area contributed by atoms with Gasteiger partial charge in [0.15, 0.2) is 0 Å². The lowest BCUT2D eigenvalue weighted by Crippen LogP contribution is -2.09. The van der Waals surface area contributed by atoms with Crippen molar-refractivity contribution in [3.63, 3.8) is 0 Å². The third kappa shape index (κ3) is 2.84. The molecule has 0 heterocycles. The summed E-state index contributed by atoms with van der Waals surface area (Å²) in [6.07, 6.45) is 0. The highest BCUT2D eigenvalue weighted by atomic mass is 16.5. The minimum absolute atomic E-state index is 0.119. The number of rotatable bonds is 3. The van der Waals surface area contributed by atoms with Crippen LogP contribution in [-0.4, -0.2) is 26.2 Å². The third-order valence-corrected chi connectivity index (χ3v) is 2.50. The maximum Gasteiger partial charge on any atom is 0.338 e. The molecule has 92 valence electrons. The van der Waals surface area contributed by atoms with Crippen LogP contribution in [0, 0.1) is 0 Å². The first-order valence-corrected chi connectivity index (χ1v) is 5.31. The Labute approximate surface area is 101 Å². The fourth-order valence-corrected chi connectivity index (χ4v) is 1.58. The summed E-state index contributed by atoms with van der Waals surface area (Å²) in [7, 11) is 2.66. The van der Waals surface area contributed by atoms with Crippen molar-refractivity contribution in [2.75, 3.05) is 14.2 Å². The molecule has 0 aliphatic rings. The van der Waals surface area contributed by atoms with E-state index in [2.05, 4.69) is 4.74 Å². The van der Waals surface area contributed by atoms with Crippen molar-refractivity contribution in [1.29, 1.82) is 0 Å². The second kappa shape index (κ2) is 5.48. The molecular weight excluding hydrogens is 220 g/mol. The molecule has 0 spiro atoms. The quantitative estimate of drug-likeness (QED) is 0.756. The van der Waals surface area contributed by atoms with Crippen molar-refractivity contribution in [1.82, 2.24) is 0 Å². The van der Waals surface area contributed by atoms with Crippen LogP contribution in [-0.2, 0) is 9.47 Å². The molecule has 0 saturated carbocycles. The van der Waals surface area contributed by atoms with Gasteiger partial charge in [0.05, 0.1) is 25.3 Å². The smallest absolute Gasteiger partial charge is 0.338 e. The van der Waals surface area contributed by atoms with Crippen molar-refractivity contribution in [3.05, 3.63) is 34.9 Å². The van der Waals surface area contributed by atoms with E-state index in [0.717, 1.165) is 5.56 Å². The highest BCUT2D eigenvalue weighted by Crippen LogP contribution is 2.22. The van der Waals surface area contributed by atoms with E-state index in [0.29, 0.717) is 11.1 Å². The molecule has 0 aliphatic carbocycles. The molecule has 0 saturated heterocycles. The summed E-state index contributed by atoms with van der Waals surface area (Å²) in [6, 6.07) is 4.82. The van der Waals surface area contributed by atoms with Gasteiger partial charge in [0, 0.05) is 0 Å². The Morgan fingerprint density at radius 1 is 1.06 bits per heavy atom. The Morgan fingerprint density at radius 3 is 2.12 bits per heavy atom. The van der Waals surface area contributed by atoms with Crippen molar-refractivity contribution in [3.8, 4) is 0 Å². The Kier molecular flexibility index (Phi) is 4.26. The zero-order valence-corrected chi connectivity index (χ0v) is 10.4. The first-order chi connectivity index (χ1) is 8.01. The molecule has 17 heavy (non-hydrogen) atoms. The van der Waals surface area contributed by atoms with Crippen molar-refractivity contribution in [2.24, 2.45) is 0 Å². The fourth-order valence-electron chi connectivity index (χ4n) is 1.58. The van der Waals surface area contributed by atoms with Gasteiger partial charge in [0.25, 0.3) is 0 Å². The van der Waals surface area contributed by atoms with E-state index in [1.165, 1.54) is 14.2 Å². The van der Waals surface area contributed by atoms with Crippen molar-refractivity contribution < 1.29 is 19.1 Å². The summed E-state index contributed by atoms with van der Waals surface area (Å²) >= 11 is 0. The molecule has 0 unspecified atom stereocenters. The standard InChI is InChI=1S/C13H16O4/c1-8(2)11-7-9(12(14)16-3)5-6-10(11)13(15)17-4/h5-8H,1-4H3. The van der Waals surface area contributed by atoms with Crippen LogP contribution in [0.1, 0.15) is 46.0 Å². The van der Waals surface area contributed by atoms with Gasteiger partial charge in [-0.1, -0.05) is 13.8 Å². The van der Waals surface area contributed by atoms with Crippen molar-refractivity contribution in [2.45, 2.75) is 19.8 Å². The average molecular weight is 236 g/mol. The molecule has 0 amide bonds. The average Bonchev–Trinajstić information content (AvgIpc) is 2.35. The van der Waals surface area contributed by atoms with Gasteiger partial charge in [-0.3, -0.25) is 0 Å². The van der Waals surface area contributed by atoms with Gasteiger partial charge >= 0.3 is 11.9 Å². The van der Waals surface area contributed by atoms with Gasteiger partial charge in [-0.2, -0.15) is 0 Å². The van der Waals surface area contributed by atoms with Gasteiger partial charge < -0.3 is 9.47 Å². The second-order valence-electron chi connectivity index (χ2n) is 3.94. The summed E-state index contributed by atoms with van der Waals surface area (Å²) < 4.78 is 9.34. The lowest BCUT2D eigenvalue weighted by atomic mass is 9.95. The molecule has 4 heteroatoms. The largest absolute Gasteiger partial charge is 0.465 e. The van der Waals surface area contributed by atoms with Crippen LogP contribution >= 0.6 is 0 Å². The molecule has 1 aromatic rings. The van der Waals surface area contributed by atoms with Crippen LogP contribution in [0.5, 0.6) is 0 Å². The van der Waals surface area contributed by atoms with Gasteiger partial charge in [-0.15, -0.1) is 0 Å². The third-order valence-electron chi connectivity index (χ3n) is 2.50. The summed E-state index contributed by atoms with van der Waals surface area (Å²) in [5.41, 5.74) is 1.69. The van der Waals surface area contributed by atoms with Gasteiger partial charge in [0.1, 0.15) is 0 Å². The number of benzene rings is 1. The zero-order chi connectivity index (χ0) is 13.0. The highest BCUT2D eigenvalue weighted by Gasteiger charge is 2.17. The minimum Gasteiger partial charge on any atom is -0.465 e. The molecule has 1 aromatic carbocycles. The van der Waals surface area contributed by atoms with E-state index in [4.69, 9.17) is 4.74 Å². The molecule has 0 N–H and O–H groups in total. The zero-order valence-electron chi connectivity index (χ0n) is 10.4. The van der Waals surface area contributed by atoms with Crippen LogP contribution in [0.25, 0.3) is 0 Å². The molecule has 0 atom stereocenters. The monoisotopic (exact) mass is 236 g/mol. The number of methoxy groups -OCH3 is 2. The molecule has 0 fully saturated rings. The number of ether oxygens (including phenoxy) is 2. The summed E-state index contributed by atoms with van der Waals surface area (Å²) in [6.45, 7) is 3.89. The Morgan fingerprint density at radius 2 is 1.65 bits per heavy atom. The van der Waals surface area contributed by atoms with E-state index in [1.54, 1.807) is 18.2 Å². The Balaban J connectivity index is 3.26. The van der Waals surface area contributed by atoms with Crippen LogP contribution in [0.2, 0.25) is 0 Å². The second-order valence-corrected chi connectivity index (χ2v) is 3.94. The number of carbonyl (C=O) groups excluding carboxylic acids is 2. The topological polar surface area (TPSA) is 52.6 Å². The predicted molar refractivity (Wildman–Crippen MR) is 63.2 cm³/mol. The molecular formula is C13H16O4. The van der Waals surface area contributed by atoms with E-state index < -0.39 is 11.9 Å². The van der Waals surface area contributed by atoms with Gasteiger partial charge in [0.2, 0.25) is 0 Å². The summed E-state index contributed by atoms with van der Waals surface area (Å²) in [5, 5.41) is 0. The molecule has 4 nitrogen and oxygen atoms in total. The minimum atomic E-state index is -0.414. The first-order valence-electron chi connectivity index (χ1n) is 5.31. The normalized spacial score (nSPS) is 10.2. The molecule has 0 radical (unpaired) electrons. The molecule has 0 aromatic heterocycles. The van der Waals surface area contributed by atoms with Gasteiger partial charge in [-0.05, 0) is 29.7 Å². The summed E-state index contributed by atoms with van der Waals surface area (Å²) in [5.74, 6) is -0.692. The molecule has 0 bridgehead atoms. The Hall–Kier alpha value is -1.84. The maximum atomic E-state index is 11.6. The maximum absolute atomic E-state index is 11.6. The van der Waals surface area contributed by atoms with Crippen LogP contribution < -0.4 is 0 Å². The number of carbonyl (C=O) groups is 2. The Bertz CT molecular complexity index is 435. The van der Waals surface area contributed by atoms with Crippen LogP contribution in [0.4, 0.5) is 0 Å². The SMILES string of the molecule is COC(=O)c1ccc(C(=O)OC)c(C(C)C)c1. The fraction of sp³-hybridized carbons (Fsp3) is 0.385. The lowest BCUT2D eigenvalue weighted by Gasteiger charge is -2.12. The number of esters is 2. The first kappa shape index (κ1) is 13.2. The van der Waals surface area contributed by atoms with E-state index in [1.807, 2.05) is 13.8 Å². The van der Waals surface area contributed by atoms with Crippen LogP contribution in [0.15, 0.2) is 18.2 Å². The van der Waals surface area contributed by atoms with Gasteiger partial charge in [-0.25, -0.2) is 9.59 Å². The molecule has 1 rings (SSSR count). The predicted octanol–water partition coefficient (Wildman–Crippen LogP) is 2.38. The van der Waals surface area contributed by atoms with Crippen LogP contribution in [0.3, 0.4) is 0 Å². The van der Waals surface area contributed by atoms with Crippen molar-refractivity contribution >= 4 is 11.9 Å². The van der Waals surface area contributed by atoms with E-state index >= 15 is 0 Å². The number of hydrogen-bond donors (Lipinski definition) is 0. The lowest BCUT2D eigenvalue weighted by molar-refractivity contribution is 0.0585. The molecule has 0 aliphatic heterocycles. The highest BCUT2D eigenvalue weighted by molar-refractivity contribution is 5.94. The van der Waals surface area contributed by atoms with E-state index in [-0.39, 0.29) is 5.92 Å². The van der Waals surface area contributed by atoms with E-state index in [9.17, 15) is 9.59 Å². The number of hydrogen-bond acceptors (Lipinski definition) is 4.